The summed E-state index contributed by atoms with van der Waals surface area (Å²) in [4.78, 5) is 3.03. The predicted molar refractivity (Wildman–Crippen MR) is 82.2 cm³/mol. The van der Waals surface area contributed by atoms with Crippen LogP contribution in [0.25, 0.3) is 0 Å². The van der Waals surface area contributed by atoms with Gasteiger partial charge in [0, 0.05) is 9.75 Å². The number of rotatable bonds is 3. The Labute approximate surface area is 120 Å². The molecule has 1 aromatic heterocycles. The molecule has 1 heterocycles. The van der Waals surface area contributed by atoms with Crippen molar-refractivity contribution in [2.45, 2.75) is 63.8 Å². The van der Waals surface area contributed by atoms with Gasteiger partial charge in [0.25, 0.3) is 0 Å². The van der Waals surface area contributed by atoms with E-state index in [-0.39, 0.29) is 6.04 Å². The van der Waals surface area contributed by atoms with Gasteiger partial charge in [0.2, 0.25) is 0 Å². The Morgan fingerprint density at radius 3 is 2.79 bits per heavy atom. The molecule has 0 saturated carbocycles. The van der Waals surface area contributed by atoms with Gasteiger partial charge in [-0.1, -0.05) is 24.5 Å². The number of allylic oxidation sites excluding steroid dienone is 1. The van der Waals surface area contributed by atoms with Crippen LogP contribution in [-0.2, 0) is 12.8 Å². The average Bonchev–Trinajstić information content (AvgIpc) is 2.93. The van der Waals surface area contributed by atoms with E-state index in [4.69, 9.17) is 5.84 Å². The third-order valence-corrected chi connectivity index (χ3v) is 5.72. The summed E-state index contributed by atoms with van der Waals surface area (Å²) in [6.07, 6.45) is 14.2. The van der Waals surface area contributed by atoms with Crippen LogP contribution in [-0.4, -0.2) is 0 Å². The van der Waals surface area contributed by atoms with Crippen LogP contribution in [0, 0.1) is 0 Å². The molecule has 2 aliphatic rings. The topological polar surface area (TPSA) is 38.0 Å². The van der Waals surface area contributed by atoms with Crippen LogP contribution in [0.2, 0.25) is 0 Å². The SMILES string of the molecule is NNC(C1=CCCCCCC1)c1cc2c(s1)CCC2. The Bertz CT molecular complexity index is 440. The Kier molecular flexibility index (Phi) is 4.36. The standard InChI is InChI=1S/C16H24N2S/c17-18-16(12-7-4-2-1-3-5-8-12)15-11-13-9-6-10-14(13)19-15/h7,11,16,18H,1-6,8-10,17H2. The van der Waals surface area contributed by atoms with Crippen molar-refractivity contribution in [3.63, 3.8) is 0 Å². The summed E-state index contributed by atoms with van der Waals surface area (Å²) < 4.78 is 0. The largest absolute Gasteiger partial charge is 0.271 e. The summed E-state index contributed by atoms with van der Waals surface area (Å²) in [5.74, 6) is 5.86. The minimum Gasteiger partial charge on any atom is -0.271 e. The maximum Gasteiger partial charge on any atom is 0.0762 e. The van der Waals surface area contributed by atoms with E-state index >= 15 is 0 Å². The number of fused-ring (bicyclic) bond motifs is 1. The van der Waals surface area contributed by atoms with Crippen LogP contribution in [0.1, 0.15) is 66.3 Å². The summed E-state index contributed by atoms with van der Waals surface area (Å²) in [7, 11) is 0. The van der Waals surface area contributed by atoms with Gasteiger partial charge >= 0.3 is 0 Å². The highest BCUT2D eigenvalue weighted by atomic mass is 32.1. The molecule has 104 valence electrons. The molecule has 0 aromatic carbocycles. The Balaban J connectivity index is 1.81. The molecule has 3 N–H and O–H groups in total. The second-order valence-electron chi connectivity index (χ2n) is 5.78. The van der Waals surface area contributed by atoms with E-state index in [1.807, 2.05) is 11.3 Å². The van der Waals surface area contributed by atoms with Crippen molar-refractivity contribution in [1.29, 1.82) is 0 Å². The second-order valence-corrected chi connectivity index (χ2v) is 6.95. The molecule has 0 fully saturated rings. The first-order valence-electron chi connectivity index (χ1n) is 7.65. The van der Waals surface area contributed by atoms with Crippen LogP contribution < -0.4 is 11.3 Å². The Morgan fingerprint density at radius 1 is 1.05 bits per heavy atom. The monoisotopic (exact) mass is 276 g/mol. The summed E-state index contributed by atoms with van der Waals surface area (Å²) in [5, 5.41) is 0. The fourth-order valence-corrected chi connectivity index (χ4v) is 4.71. The molecule has 3 heteroatoms. The smallest absolute Gasteiger partial charge is 0.0762 e. The number of hydrogen-bond donors (Lipinski definition) is 2. The highest BCUT2D eigenvalue weighted by Crippen LogP contribution is 2.37. The Morgan fingerprint density at radius 2 is 1.95 bits per heavy atom. The molecule has 1 aromatic rings. The van der Waals surface area contributed by atoms with Crippen molar-refractivity contribution >= 4 is 11.3 Å². The molecule has 2 nitrogen and oxygen atoms in total. The first kappa shape index (κ1) is 13.3. The summed E-state index contributed by atoms with van der Waals surface area (Å²) >= 11 is 1.98. The quantitative estimate of drug-likeness (QED) is 0.497. The minimum atomic E-state index is 0.258. The van der Waals surface area contributed by atoms with E-state index in [1.165, 1.54) is 68.2 Å². The van der Waals surface area contributed by atoms with Gasteiger partial charge in [0.05, 0.1) is 6.04 Å². The zero-order chi connectivity index (χ0) is 13.1. The highest BCUT2D eigenvalue weighted by molar-refractivity contribution is 7.12. The van der Waals surface area contributed by atoms with Crippen LogP contribution in [0.3, 0.4) is 0 Å². The fourth-order valence-electron chi connectivity index (χ4n) is 3.34. The van der Waals surface area contributed by atoms with Gasteiger partial charge < -0.3 is 0 Å². The molecule has 1 atom stereocenters. The summed E-state index contributed by atoms with van der Waals surface area (Å²) in [5.41, 5.74) is 6.16. The van der Waals surface area contributed by atoms with Crippen molar-refractivity contribution < 1.29 is 0 Å². The van der Waals surface area contributed by atoms with Gasteiger partial charge in [0.15, 0.2) is 0 Å². The second kappa shape index (κ2) is 6.21. The summed E-state index contributed by atoms with van der Waals surface area (Å²) in [6, 6.07) is 2.66. The summed E-state index contributed by atoms with van der Waals surface area (Å²) in [6.45, 7) is 0. The number of nitrogens with two attached hydrogens (primary N) is 1. The van der Waals surface area contributed by atoms with Crippen LogP contribution >= 0.6 is 11.3 Å². The molecule has 0 bridgehead atoms. The molecule has 0 saturated heterocycles. The van der Waals surface area contributed by atoms with Crippen LogP contribution in [0.5, 0.6) is 0 Å². The first-order chi connectivity index (χ1) is 9.38. The molecule has 0 radical (unpaired) electrons. The molecule has 19 heavy (non-hydrogen) atoms. The molecule has 2 aliphatic carbocycles. The van der Waals surface area contributed by atoms with Crippen LogP contribution in [0.15, 0.2) is 17.7 Å². The van der Waals surface area contributed by atoms with Gasteiger partial charge in [0.1, 0.15) is 0 Å². The van der Waals surface area contributed by atoms with E-state index in [2.05, 4.69) is 17.6 Å². The van der Waals surface area contributed by atoms with E-state index in [1.54, 1.807) is 10.4 Å². The highest BCUT2D eigenvalue weighted by Gasteiger charge is 2.22. The molecular formula is C16H24N2S. The van der Waals surface area contributed by atoms with Crippen molar-refractivity contribution in [2.75, 3.05) is 0 Å². The van der Waals surface area contributed by atoms with Crippen LogP contribution in [0.4, 0.5) is 0 Å². The van der Waals surface area contributed by atoms with Gasteiger partial charge in [-0.15, -0.1) is 11.3 Å². The molecule has 0 aliphatic heterocycles. The van der Waals surface area contributed by atoms with Crippen molar-refractivity contribution in [2.24, 2.45) is 5.84 Å². The fraction of sp³-hybridized carbons (Fsp3) is 0.625. The van der Waals surface area contributed by atoms with Crippen molar-refractivity contribution in [1.82, 2.24) is 5.43 Å². The van der Waals surface area contributed by atoms with Gasteiger partial charge in [-0.2, -0.15) is 0 Å². The molecule has 0 amide bonds. The number of nitrogens with one attached hydrogen (secondary N) is 1. The lowest BCUT2D eigenvalue weighted by Crippen LogP contribution is -2.29. The van der Waals surface area contributed by atoms with Gasteiger partial charge in [-0.25, -0.2) is 5.43 Å². The average molecular weight is 276 g/mol. The minimum absolute atomic E-state index is 0.258. The molecule has 3 rings (SSSR count). The molecule has 1 unspecified atom stereocenters. The van der Waals surface area contributed by atoms with Crippen molar-refractivity contribution in [3.05, 3.63) is 33.0 Å². The van der Waals surface area contributed by atoms with E-state index in [0.717, 1.165) is 0 Å². The Hall–Kier alpha value is -0.640. The van der Waals surface area contributed by atoms with E-state index in [9.17, 15) is 0 Å². The predicted octanol–water partition coefficient (Wildman–Crippen LogP) is 4.02. The lowest BCUT2D eigenvalue weighted by Gasteiger charge is -2.20. The number of hydrazine groups is 1. The third-order valence-electron chi connectivity index (χ3n) is 4.41. The van der Waals surface area contributed by atoms with Gasteiger partial charge in [-0.3, -0.25) is 5.84 Å². The van der Waals surface area contributed by atoms with Crippen molar-refractivity contribution in [3.8, 4) is 0 Å². The maximum atomic E-state index is 5.86. The van der Waals surface area contributed by atoms with Gasteiger partial charge in [-0.05, 0) is 56.6 Å². The number of hydrogen-bond acceptors (Lipinski definition) is 3. The maximum absolute atomic E-state index is 5.86. The molecule has 0 spiro atoms. The molecular weight excluding hydrogens is 252 g/mol. The zero-order valence-corrected chi connectivity index (χ0v) is 12.4. The number of aryl methyl sites for hydroxylation is 2. The first-order valence-corrected chi connectivity index (χ1v) is 8.46. The lowest BCUT2D eigenvalue weighted by atomic mass is 9.94. The van der Waals surface area contributed by atoms with E-state index < -0.39 is 0 Å². The third kappa shape index (κ3) is 2.93. The normalized spacial score (nSPS) is 21.4. The zero-order valence-electron chi connectivity index (χ0n) is 11.6. The van der Waals surface area contributed by atoms with E-state index in [0.29, 0.717) is 0 Å². The number of thiophene rings is 1. The lowest BCUT2D eigenvalue weighted by molar-refractivity contribution is 0.559.